The van der Waals surface area contributed by atoms with Gasteiger partial charge in [0.05, 0.1) is 0 Å². The summed E-state index contributed by atoms with van der Waals surface area (Å²) in [4.78, 5) is 17.1. The van der Waals surface area contributed by atoms with E-state index < -0.39 is 0 Å². The number of carbonyl (C=O) groups excluding carboxylic acids is 1. The van der Waals surface area contributed by atoms with Crippen molar-refractivity contribution >= 4 is 5.91 Å². The molecule has 1 unspecified atom stereocenters. The van der Waals surface area contributed by atoms with E-state index in [2.05, 4.69) is 16.7 Å². The van der Waals surface area contributed by atoms with Crippen LogP contribution >= 0.6 is 0 Å². The smallest absolute Gasteiger partial charge is 0.225 e. The van der Waals surface area contributed by atoms with Crippen LogP contribution in [0.5, 0.6) is 0 Å². The molecule has 0 aliphatic carbocycles. The van der Waals surface area contributed by atoms with Crippen LogP contribution in [0.1, 0.15) is 38.2 Å². The maximum absolute atomic E-state index is 13.3. The maximum Gasteiger partial charge on any atom is 0.225 e. The molecule has 23 heavy (non-hydrogen) atoms. The maximum atomic E-state index is 13.3. The Labute approximate surface area is 138 Å². The van der Waals surface area contributed by atoms with Gasteiger partial charge in [-0.2, -0.15) is 0 Å². The van der Waals surface area contributed by atoms with Gasteiger partial charge in [0.15, 0.2) is 0 Å². The minimum Gasteiger partial charge on any atom is -0.342 e. The molecule has 3 rings (SSSR count). The summed E-state index contributed by atoms with van der Waals surface area (Å²) >= 11 is 0. The molecule has 0 radical (unpaired) electrons. The van der Waals surface area contributed by atoms with Gasteiger partial charge in [-0.15, -0.1) is 0 Å². The minimum atomic E-state index is -0.174. The number of nitrogens with zero attached hydrogens (tertiary/aromatic N) is 2. The first-order valence-corrected chi connectivity index (χ1v) is 8.87. The summed E-state index contributed by atoms with van der Waals surface area (Å²) in [5.41, 5.74) is 1.01. The van der Waals surface area contributed by atoms with Crippen LogP contribution in [-0.4, -0.2) is 41.9 Å². The van der Waals surface area contributed by atoms with E-state index in [1.807, 2.05) is 6.07 Å². The number of hydrogen-bond acceptors (Lipinski definition) is 2. The molecule has 2 heterocycles. The Bertz CT molecular complexity index is 540. The molecule has 0 N–H and O–H groups in total. The van der Waals surface area contributed by atoms with Crippen molar-refractivity contribution in [3.05, 3.63) is 35.6 Å². The van der Waals surface area contributed by atoms with Crippen molar-refractivity contribution in [1.82, 2.24) is 9.80 Å². The number of benzene rings is 1. The van der Waals surface area contributed by atoms with Gasteiger partial charge in [0.2, 0.25) is 5.91 Å². The van der Waals surface area contributed by atoms with Crippen LogP contribution in [-0.2, 0) is 11.3 Å². The third-order valence-electron chi connectivity index (χ3n) is 5.20. The molecule has 1 atom stereocenters. The van der Waals surface area contributed by atoms with Crippen LogP contribution in [0.4, 0.5) is 4.39 Å². The fourth-order valence-corrected chi connectivity index (χ4v) is 3.88. The second kappa shape index (κ2) is 7.43. The molecule has 0 bridgehead atoms. The largest absolute Gasteiger partial charge is 0.342 e. The molecule has 1 aromatic rings. The SMILES string of the molecule is CC1CCCN(C(=O)C2CCN(Cc3cccc(F)c3)CC2)C1. The number of rotatable bonds is 3. The number of piperidine rings is 2. The second-order valence-electron chi connectivity index (χ2n) is 7.21. The van der Waals surface area contributed by atoms with Crippen molar-refractivity contribution in [3.8, 4) is 0 Å². The van der Waals surface area contributed by atoms with E-state index in [4.69, 9.17) is 0 Å². The predicted molar refractivity (Wildman–Crippen MR) is 89.4 cm³/mol. The Morgan fingerprint density at radius 1 is 1.22 bits per heavy atom. The molecule has 3 nitrogen and oxygen atoms in total. The molecule has 0 spiro atoms. The minimum absolute atomic E-state index is 0.174. The van der Waals surface area contributed by atoms with Crippen LogP contribution in [0.3, 0.4) is 0 Å². The lowest BCUT2D eigenvalue weighted by Crippen LogP contribution is -2.45. The molecule has 2 aliphatic heterocycles. The van der Waals surface area contributed by atoms with Crippen molar-refractivity contribution in [1.29, 1.82) is 0 Å². The average Bonchev–Trinajstić information content (AvgIpc) is 2.55. The quantitative estimate of drug-likeness (QED) is 0.854. The Morgan fingerprint density at radius 2 is 2.00 bits per heavy atom. The molecule has 0 saturated carbocycles. The van der Waals surface area contributed by atoms with E-state index >= 15 is 0 Å². The van der Waals surface area contributed by atoms with Gasteiger partial charge in [0, 0.05) is 25.6 Å². The summed E-state index contributed by atoms with van der Waals surface area (Å²) in [6, 6.07) is 6.81. The van der Waals surface area contributed by atoms with Gasteiger partial charge < -0.3 is 4.90 Å². The van der Waals surface area contributed by atoms with E-state index in [1.54, 1.807) is 12.1 Å². The Morgan fingerprint density at radius 3 is 2.70 bits per heavy atom. The highest BCUT2D eigenvalue weighted by atomic mass is 19.1. The summed E-state index contributed by atoms with van der Waals surface area (Å²) in [7, 11) is 0. The van der Waals surface area contributed by atoms with Gasteiger partial charge in [-0.3, -0.25) is 9.69 Å². The molecular weight excluding hydrogens is 291 g/mol. The molecular formula is C19H27FN2O. The first-order chi connectivity index (χ1) is 11.1. The van der Waals surface area contributed by atoms with Crippen molar-refractivity contribution in [2.45, 2.75) is 39.2 Å². The fourth-order valence-electron chi connectivity index (χ4n) is 3.88. The predicted octanol–water partition coefficient (Wildman–Crippen LogP) is 3.30. The highest BCUT2D eigenvalue weighted by Crippen LogP contribution is 2.24. The summed E-state index contributed by atoms with van der Waals surface area (Å²) in [6.45, 7) is 6.74. The van der Waals surface area contributed by atoms with Crippen LogP contribution in [0.2, 0.25) is 0 Å². The molecule has 2 fully saturated rings. The van der Waals surface area contributed by atoms with Crippen molar-refractivity contribution in [2.24, 2.45) is 11.8 Å². The summed E-state index contributed by atoms with van der Waals surface area (Å²) in [5, 5.41) is 0. The zero-order chi connectivity index (χ0) is 16.2. The summed E-state index contributed by atoms with van der Waals surface area (Å²) in [5.74, 6) is 1.01. The Balaban J connectivity index is 1.49. The van der Waals surface area contributed by atoms with E-state index in [9.17, 15) is 9.18 Å². The molecule has 126 valence electrons. The highest BCUT2D eigenvalue weighted by molar-refractivity contribution is 5.79. The molecule has 0 aromatic heterocycles. The highest BCUT2D eigenvalue weighted by Gasteiger charge is 2.30. The standard InChI is InChI=1S/C19H27FN2O/c1-15-4-3-9-22(13-15)19(23)17-7-10-21(11-8-17)14-16-5-2-6-18(20)12-16/h2,5-6,12,15,17H,3-4,7-11,13-14H2,1H3. The van der Waals surface area contributed by atoms with Crippen LogP contribution < -0.4 is 0 Å². The number of halogens is 1. The first-order valence-electron chi connectivity index (χ1n) is 8.87. The van der Waals surface area contributed by atoms with Gasteiger partial charge in [0.1, 0.15) is 5.82 Å². The summed E-state index contributed by atoms with van der Waals surface area (Å²) < 4.78 is 13.3. The van der Waals surface area contributed by atoms with Crippen molar-refractivity contribution in [3.63, 3.8) is 0 Å². The second-order valence-corrected chi connectivity index (χ2v) is 7.21. The van der Waals surface area contributed by atoms with Crippen molar-refractivity contribution in [2.75, 3.05) is 26.2 Å². The number of hydrogen-bond donors (Lipinski definition) is 0. The zero-order valence-corrected chi connectivity index (χ0v) is 14.0. The topological polar surface area (TPSA) is 23.6 Å². The fraction of sp³-hybridized carbons (Fsp3) is 0.632. The van der Waals surface area contributed by atoms with Crippen molar-refractivity contribution < 1.29 is 9.18 Å². The van der Waals surface area contributed by atoms with E-state index in [0.29, 0.717) is 11.8 Å². The number of likely N-dealkylation sites (tertiary alicyclic amines) is 2. The van der Waals surface area contributed by atoms with Gasteiger partial charge in [-0.1, -0.05) is 19.1 Å². The van der Waals surface area contributed by atoms with Crippen LogP contribution in [0.15, 0.2) is 24.3 Å². The lowest BCUT2D eigenvalue weighted by Gasteiger charge is -2.37. The number of amides is 1. The van der Waals surface area contributed by atoms with Crippen LogP contribution in [0, 0.1) is 17.7 Å². The van der Waals surface area contributed by atoms with Gasteiger partial charge >= 0.3 is 0 Å². The molecule has 1 aromatic carbocycles. The van der Waals surface area contributed by atoms with Gasteiger partial charge in [0.25, 0.3) is 0 Å². The van der Waals surface area contributed by atoms with E-state index in [0.717, 1.165) is 57.5 Å². The van der Waals surface area contributed by atoms with E-state index in [-0.39, 0.29) is 11.7 Å². The van der Waals surface area contributed by atoms with E-state index in [1.165, 1.54) is 12.5 Å². The van der Waals surface area contributed by atoms with Gasteiger partial charge in [-0.05, 0) is 62.4 Å². The normalized spacial score (nSPS) is 23.9. The Hall–Kier alpha value is -1.42. The van der Waals surface area contributed by atoms with Crippen LogP contribution in [0.25, 0.3) is 0 Å². The number of carbonyl (C=O) groups is 1. The molecule has 2 aliphatic rings. The molecule has 1 amide bonds. The average molecular weight is 318 g/mol. The molecule has 2 saturated heterocycles. The third kappa shape index (κ3) is 4.31. The monoisotopic (exact) mass is 318 g/mol. The lowest BCUT2D eigenvalue weighted by atomic mass is 9.92. The third-order valence-corrected chi connectivity index (χ3v) is 5.20. The lowest BCUT2D eigenvalue weighted by molar-refractivity contribution is -0.138. The molecule has 4 heteroatoms. The first kappa shape index (κ1) is 16.4. The zero-order valence-electron chi connectivity index (χ0n) is 14.0. The summed E-state index contributed by atoms with van der Waals surface area (Å²) in [6.07, 6.45) is 4.25. The Kier molecular flexibility index (Phi) is 5.31. The van der Waals surface area contributed by atoms with Gasteiger partial charge in [-0.25, -0.2) is 4.39 Å².